The van der Waals surface area contributed by atoms with E-state index in [0.717, 1.165) is 31.2 Å². The summed E-state index contributed by atoms with van der Waals surface area (Å²) in [6, 6.07) is 14.0. The summed E-state index contributed by atoms with van der Waals surface area (Å²) in [7, 11) is 3.07. The van der Waals surface area contributed by atoms with E-state index in [1.54, 1.807) is 54.4 Å². The maximum absolute atomic E-state index is 12.8. The van der Waals surface area contributed by atoms with Crippen molar-refractivity contribution in [3.05, 3.63) is 65.2 Å². The molecule has 0 aromatic heterocycles. The Kier molecular flexibility index (Phi) is 7.22. The maximum Gasteiger partial charge on any atom is 0.337 e. The molecule has 0 aliphatic heterocycles. The molecule has 2 aromatic carbocycles. The number of nitrogens with zero attached hydrogens (tertiary/aromatic N) is 1. The number of benzene rings is 2. The van der Waals surface area contributed by atoms with Crippen molar-refractivity contribution in [2.24, 2.45) is 5.92 Å². The van der Waals surface area contributed by atoms with Gasteiger partial charge in [0.05, 0.1) is 12.7 Å². The first-order valence-electron chi connectivity index (χ1n) is 10.3. The summed E-state index contributed by atoms with van der Waals surface area (Å²) in [5, 5.41) is 2.96. The summed E-state index contributed by atoms with van der Waals surface area (Å²) >= 11 is 0. The Balaban J connectivity index is 1.62. The van der Waals surface area contributed by atoms with E-state index < -0.39 is 5.97 Å². The lowest BCUT2D eigenvalue weighted by molar-refractivity contribution is -0.120. The van der Waals surface area contributed by atoms with E-state index >= 15 is 0 Å². The molecule has 6 nitrogen and oxygen atoms in total. The Morgan fingerprint density at radius 3 is 2.37 bits per heavy atom. The molecule has 0 saturated heterocycles. The van der Waals surface area contributed by atoms with Gasteiger partial charge in [0.25, 0.3) is 5.91 Å². The number of ether oxygens (including phenoxy) is 1. The number of methoxy groups -OCH3 is 1. The van der Waals surface area contributed by atoms with Crippen molar-refractivity contribution in [3.8, 4) is 0 Å². The van der Waals surface area contributed by atoms with Gasteiger partial charge in [0.1, 0.15) is 0 Å². The van der Waals surface area contributed by atoms with Crippen LogP contribution < -0.4 is 5.32 Å². The highest BCUT2D eigenvalue weighted by Gasteiger charge is 2.21. The lowest BCUT2D eigenvalue weighted by atomic mass is 9.88. The number of amides is 2. The molecule has 1 saturated carbocycles. The highest BCUT2D eigenvalue weighted by atomic mass is 16.5. The van der Waals surface area contributed by atoms with Crippen molar-refractivity contribution in [2.45, 2.75) is 38.6 Å². The Hall–Kier alpha value is -3.15. The third-order valence-corrected chi connectivity index (χ3v) is 5.49. The lowest BCUT2D eigenvalue weighted by Gasteiger charge is -2.21. The number of nitrogens with one attached hydrogen (secondary N) is 1. The molecule has 0 bridgehead atoms. The summed E-state index contributed by atoms with van der Waals surface area (Å²) in [6.45, 7) is 0.402. The van der Waals surface area contributed by atoms with Gasteiger partial charge in [0, 0.05) is 30.8 Å². The molecule has 30 heavy (non-hydrogen) atoms. The minimum Gasteiger partial charge on any atom is -0.465 e. The third-order valence-electron chi connectivity index (χ3n) is 5.49. The quantitative estimate of drug-likeness (QED) is 0.725. The molecule has 6 heteroatoms. The fourth-order valence-electron chi connectivity index (χ4n) is 3.77. The van der Waals surface area contributed by atoms with Crippen LogP contribution in [0.15, 0.2) is 48.5 Å². The second kappa shape index (κ2) is 10.1. The molecule has 0 radical (unpaired) electrons. The zero-order valence-corrected chi connectivity index (χ0v) is 17.5. The van der Waals surface area contributed by atoms with Crippen LogP contribution in [0.4, 0.5) is 5.69 Å². The van der Waals surface area contributed by atoms with Crippen LogP contribution in [-0.4, -0.2) is 36.8 Å². The average Bonchev–Trinajstić information content (AvgIpc) is 2.79. The molecule has 1 N–H and O–H groups in total. The highest BCUT2D eigenvalue weighted by Crippen LogP contribution is 2.25. The van der Waals surface area contributed by atoms with Gasteiger partial charge in [-0.2, -0.15) is 0 Å². The zero-order chi connectivity index (χ0) is 21.5. The van der Waals surface area contributed by atoms with Crippen LogP contribution in [0.25, 0.3) is 0 Å². The summed E-state index contributed by atoms with van der Waals surface area (Å²) in [6.07, 6.45) is 5.26. The SMILES string of the molecule is COC(=O)c1ccc(CN(C)C(=O)c2cccc(NC(=O)C3CCCCC3)c2)cc1. The van der Waals surface area contributed by atoms with Gasteiger partial charge in [0.2, 0.25) is 5.91 Å². The molecule has 1 fully saturated rings. The number of anilines is 1. The molecular formula is C24H28N2O4. The van der Waals surface area contributed by atoms with E-state index in [-0.39, 0.29) is 17.7 Å². The topological polar surface area (TPSA) is 75.7 Å². The highest BCUT2D eigenvalue weighted by molar-refractivity contribution is 5.97. The Bertz CT molecular complexity index is 902. The molecule has 0 unspecified atom stereocenters. The van der Waals surface area contributed by atoms with Crippen molar-refractivity contribution in [1.82, 2.24) is 4.90 Å². The van der Waals surface area contributed by atoms with Gasteiger partial charge in [-0.3, -0.25) is 9.59 Å². The van der Waals surface area contributed by atoms with Crippen LogP contribution in [0.3, 0.4) is 0 Å². The molecule has 0 spiro atoms. The largest absolute Gasteiger partial charge is 0.465 e. The fourth-order valence-corrected chi connectivity index (χ4v) is 3.77. The Morgan fingerprint density at radius 1 is 1.00 bits per heavy atom. The monoisotopic (exact) mass is 408 g/mol. The number of hydrogen-bond donors (Lipinski definition) is 1. The first-order valence-corrected chi connectivity index (χ1v) is 10.3. The van der Waals surface area contributed by atoms with Gasteiger partial charge in [0.15, 0.2) is 0 Å². The van der Waals surface area contributed by atoms with E-state index in [0.29, 0.717) is 23.4 Å². The first kappa shape index (κ1) is 21.6. The number of esters is 1. The van der Waals surface area contributed by atoms with Gasteiger partial charge >= 0.3 is 5.97 Å². The lowest BCUT2D eigenvalue weighted by Crippen LogP contribution is -2.27. The molecule has 158 valence electrons. The molecule has 0 heterocycles. The number of rotatable bonds is 6. The van der Waals surface area contributed by atoms with Crippen LogP contribution in [0, 0.1) is 5.92 Å². The van der Waals surface area contributed by atoms with Crippen LogP contribution in [0.1, 0.15) is 58.4 Å². The molecular weight excluding hydrogens is 380 g/mol. The molecule has 1 aliphatic carbocycles. The van der Waals surface area contributed by atoms with Crippen molar-refractivity contribution < 1.29 is 19.1 Å². The van der Waals surface area contributed by atoms with Gasteiger partial charge in [-0.1, -0.05) is 37.5 Å². The predicted octanol–water partition coefficient (Wildman–Crippen LogP) is 4.26. The van der Waals surface area contributed by atoms with Gasteiger partial charge in [-0.25, -0.2) is 4.79 Å². The van der Waals surface area contributed by atoms with E-state index in [1.165, 1.54) is 13.5 Å². The minimum atomic E-state index is -0.391. The molecule has 3 rings (SSSR count). The maximum atomic E-state index is 12.8. The van der Waals surface area contributed by atoms with Crippen LogP contribution in [0.2, 0.25) is 0 Å². The van der Waals surface area contributed by atoms with Crippen molar-refractivity contribution in [1.29, 1.82) is 0 Å². The normalized spacial score (nSPS) is 14.1. The Labute approximate surface area is 177 Å². The van der Waals surface area contributed by atoms with Gasteiger partial charge in [-0.15, -0.1) is 0 Å². The summed E-state index contributed by atoms with van der Waals surface area (Å²) in [5.74, 6) is -0.425. The second-order valence-corrected chi connectivity index (χ2v) is 7.75. The Morgan fingerprint density at radius 2 is 1.70 bits per heavy atom. The molecule has 1 aliphatic rings. The summed E-state index contributed by atoms with van der Waals surface area (Å²) in [5.41, 5.74) is 2.54. The van der Waals surface area contributed by atoms with E-state index in [9.17, 15) is 14.4 Å². The predicted molar refractivity (Wildman–Crippen MR) is 115 cm³/mol. The minimum absolute atomic E-state index is 0.0401. The van der Waals surface area contributed by atoms with Crippen LogP contribution >= 0.6 is 0 Å². The second-order valence-electron chi connectivity index (χ2n) is 7.75. The summed E-state index contributed by atoms with van der Waals surface area (Å²) in [4.78, 5) is 38.5. The van der Waals surface area contributed by atoms with Crippen molar-refractivity contribution in [2.75, 3.05) is 19.5 Å². The summed E-state index contributed by atoms with van der Waals surface area (Å²) < 4.78 is 4.70. The van der Waals surface area contributed by atoms with Crippen molar-refractivity contribution >= 4 is 23.5 Å². The smallest absolute Gasteiger partial charge is 0.337 e. The van der Waals surface area contributed by atoms with Crippen LogP contribution in [-0.2, 0) is 16.1 Å². The zero-order valence-electron chi connectivity index (χ0n) is 17.5. The van der Waals surface area contributed by atoms with Crippen molar-refractivity contribution in [3.63, 3.8) is 0 Å². The van der Waals surface area contributed by atoms with Crippen LogP contribution in [0.5, 0.6) is 0 Å². The van der Waals surface area contributed by atoms with Gasteiger partial charge < -0.3 is 15.0 Å². The van der Waals surface area contributed by atoms with E-state index in [1.807, 2.05) is 6.07 Å². The van der Waals surface area contributed by atoms with E-state index in [2.05, 4.69) is 5.32 Å². The fraction of sp³-hybridized carbons (Fsp3) is 0.375. The number of carbonyl (C=O) groups is 3. The van der Waals surface area contributed by atoms with E-state index in [4.69, 9.17) is 4.74 Å². The van der Waals surface area contributed by atoms with Gasteiger partial charge in [-0.05, 0) is 48.7 Å². The third kappa shape index (κ3) is 5.47. The standard InChI is InChI=1S/C24H28N2O4/c1-26(16-17-11-13-19(14-12-17)24(29)30-2)23(28)20-9-6-10-21(15-20)25-22(27)18-7-4-3-5-8-18/h6,9-15,18H,3-5,7-8,16H2,1-2H3,(H,25,27). The first-order chi connectivity index (χ1) is 14.5. The number of hydrogen-bond acceptors (Lipinski definition) is 4. The molecule has 2 amide bonds. The number of carbonyl (C=O) groups excluding carboxylic acids is 3. The average molecular weight is 408 g/mol. The molecule has 0 atom stereocenters. The molecule has 2 aromatic rings.